The first-order valence-electron chi connectivity index (χ1n) is 6.38. The molecule has 0 aliphatic heterocycles. The molecule has 0 aromatic heterocycles. The zero-order valence-corrected chi connectivity index (χ0v) is 14.5. The number of methoxy groups -OCH3 is 1. The second-order valence-electron chi connectivity index (χ2n) is 4.48. The fourth-order valence-electron chi connectivity index (χ4n) is 1.71. The Bertz CT molecular complexity index is 787. The third kappa shape index (κ3) is 4.08. The Hall–Kier alpha value is -1.86. The number of benzene rings is 2. The highest BCUT2D eigenvalue weighted by atomic mass is 79.9. The van der Waals surface area contributed by atoms with E-state index < -0.39 is 10.0 Å². The van der Waals surface area contributed by atoms with Gasteiger partial charge in [-0.2, -0.15) is 18.4 Å². The van der Waals surface area contributed by atoms with Crippen molar-refractivity contribution in [3.63, 3.8) is 0 Å². The normalized spacial score (nSPS) is 12.0. The monoisotopic (exact) mass is 382 g/mol. The lowest BCUT2D eigenvalue weighted by atomic mass is 10.1. The van der Waals surface area contributed by atoms with Crippen molar-refractivity contribution in [1.82, 2.24) is 4.83 Å². The lowest BCUT2D eigenvalue weighted by Crippen LogP contribution is -2.19. The van der Waals surface area contributed by atoms with E-state index in [0.717, 1.165) is 10.0 Å². The summed E-state index contributed by atoms with van der Waals surface area (Å²) in [6, 6.07) is 13.6. The van der Waals surface area contributed by atoms with E-state index in [1.54, 1.807) is 32.2 Å². The van der Waals surface area contributed by atoms with Crippen molar-refractivity contribution < 1.29 is 13.2 Å². The van der Waals surface area contributed by atoms with Gasteiger partial charge in [0, 0.05) is 10.0 Å². The molecule has 0 aliphatic carbocycles. The number of sulfonamides is 1. The van der Waals surface area contributed by atoms with Gasteiger partial charge in [-0.25, -0.2) is 0 Å². The van der Waals surface area contributed by atoms with E-state index in [-0.39, 0.29) is 4.90 Å². The molecule has 0 heterocycles. The number of nitrogens with one attached hydrogen (secondary N) is 1. The number of rotatable bonds is 5. The van der Waals surface area contributed by atoms with Gasteiger partial charge in [-0.1, -0.05) is 28.1 Å². The third-order valence-electron chi connectivity index (χ3n) is 2.94. The number of halogens is 1. The highest BCUT2D eigenvalue weighted by Crippen LogP contribution is 2.15. The van der Waals surface area contributed by atoms with E-state index in [0.29, 0.717) is 11.5 Å². The Kier molecular flexibility index (Phi) is 5.20. The maximum Gasteiger partial charge on any atom is 0.276 e. The third-order valence-corrected chi connectivity index (χ3v) is 4.70. The highest BCUT2D eigenvalue weighted by Gasteiger charge is 2.12. The standard InChI is InChI=1S/C15H15BrN2O3S/c1-11(12-4-3-5-14(10-12)21-2)17-18-22(19,20)15-8-6-13(16)7-9-15/h3-10,18H,1-2H3/b17-11+. The van der Waals surface area contributed by atoms with E-state index in [4.69, 9.17) is 4.74 Å². The molecule has 22 heavy (non-hydrogen) atoms. The van der Waals surface area contributed by atoms with Crippen LogP contribution in [0.25, 0.3) is 0 Å². The van der Waals surface area contributed by atoms with Crippen molar-refractivity contribution in [3.05, 3.63) is 58.6 Å². The van der Waals surface area contributed by atoms with Gasteiger partial charge in [0.2, 0.25) is 0 Å². The molecule has 0 atom stereocenters. The summed E-state index contributed by atoms with van der Waals surface area (Å²) in [4.78, 5) is 2.39. The molecule has 7 heteroatoms. The lowest BCUT2D eigenvalue weighted by molar-refractivity contribution is 0.414. The highest BCUT2D eigenvalue weighted by molar-refractivity contribution is 9.10. The number of nitrogens with zero attached hydrogens (tertiary/aromatic N) is 1. The Morgan fingerprint density at radius 1 is 1.18 bits per heavy atom. The maximum absolute atomic E-state index is 12.1. The molecule has 0 aliphatic rings. The van der Waals surface area contributed by atoms with Gasteiger partial charge in [-0.15, -0.1) is 0 Å². The minimum Gasteiger partial charge on any atom is -0.497 e. The molecule has 1 N–H and O–H groups in total. The van der Waals surface area contributed by atoms with Gasteiger partial charge in [0.15, 0.2) is 0 Å². The smallest absolute Gasteiger partial charge is 0.276 e. The molecule has 116 valence electrons. The fourth-order valence-corrected chi connectivity index (χ4v) is 2.83. The number of ether oxygens (including phenoxy) is 1. The Labute approximate surface area is 138 Å². The molecule has 0 unspecified atom stereocenters. The Morgan fingerprint density at radius 2 is 1.86 bits per heavy atom. The summed E-state index contributed by atoms with van der Waals surface area (Å²) in [5.74, 6) is 0.683. The zero-order chi connectivity index (χ0) is 16.2. The minimum atomic E-state index is -3.69. The molecule has 0 amide bonds. The summed E-state index contributed by atoms with van der Waals surface area (Å²) < 4.78 is 30.2. The second-order valence-corrected chi connectivity index (χ2v) is 7.05. The van der Waals surface area contributed by atoms with Crippen LogP contribution in [0.4, 0.5) is 0 Å². The number of hydrazone groups is 1. The molecular weight excluding hydrogens is 368 g/mol. The predicted molar refractivity (Wildman–Crippen MR) is 89.7 cm³/mol. The lowest BCUT2D eigenvalue weighted by Gasteiger charge is -2.06. The van der Waals surface area contributed by atoms with Crippen LogP contribution in [0, 0.1) is 0 Å². The number of hydrogen-bond donors (Lipinski definition) is 1. The summed E-state index contributed by atoms with van der Waals surface area (Å²) in [6.45, 7) is 1.72. The van der Waals surface area contributed by atoms with Crippen molar-refractivity contribution in [1.29, 1.82) is 0 Å². The topological polar surface area (TPSA) is 67.8 Å². The summed E-state index contributed by atoms with van der Waals surface area (Å²) in [5.41, 5.74) is 1.32. The van der Waals surface area contributed by atoms with Gasteiger partial charge < -0.3 is 4.74 Å². The van der Waals surface area contributed by atoms with Gasteiger partial charge in [0.25, 0.3) is 10.0 Å². The molecule has 2 aromatic carbocycles. The van der Waals surface area contributed by atoms with E-state index in [2.05, 4.69) is 25.9 Å². The van der Waals surface area contributed by atoms with Crippen LogP contribution in [-0.4, -0.2) is 21.2 Å². The average molecular weight is 383 g/mol. The molecule has 0 bridgehead atoms. The van der Waals surface area contributed by atoms with E-state index in [1.807, 2.05) is 18.2 Å². The predicted octanol–water partition coefficient (Wildman–Crippen LogP) is 3.16. The van der Waals surface area contributed by atoms with Gasteiger partial charge in [-0.05, 0) is 43.3 Å². The van der Waals surface area contributed by atoms with Crippen LogP contribution >= 0.6 is 15.9 Å². The quantitative estimate of drug-likeness (QED) is 0.637. The average Bonchev–Trinajstić information content (AvgIpc) is 2.53. The summed E-state index contributed by atoms with van der Waals surface area (Å²) >= 11 is 3.26. The van der Waals surface area contributed by atoms with Crippen LogP contribution in [0.2, 0.25) is 0 Å². The van der Waals surface area contributed by atoms with E-state index in [9.17, 15) is 8.42 Å². The molecule has 5 nitrogen and oxygen atoms in total. The van der Waals surface area contributed by atoms with Crippen LogP contribution in [0.3, 0.4) is 0 Å². The first-order chi connectivity index (χ1) is 10.4. The van der Waals surface area contributed by atoms with Gasteiger partial charge >= 0.3 is 0 Å². The number of hydrogen-bond acceptors (Lipinski definition) is 4. The summed E-state index contributed by atoms with van der Waals surface area (Å²) in [7, 11) is -2.11. The molecule has 2 rings (SSSR count). The maximum atomic E-state index is 12.1. The first-order valence-corrected chi connectivity index (χ1v) is 8.66. The van der Waals surface area contributed by atoms with E-state index >= 15 is 0 Å². The van der Waals surface area contributed by atoms with Crippen LogP contribution in [0.5, 0.6) is 5.75 Å². The van der Waals surface area contributed by atoms with Crippen LogP contribution in [0.15, 0.2) is 63.0 Å². The molecule has 0 saturated heterocycles. The van der Waals surface area contributed by atoms with Crippen LogP contribution in [0.1, 0.15) is 12.5 Å². The van der Waals surface area contributed by atoms with E-state index in [1.165, 1.54) is 12.1 Å². The van der Waals surface area contributed by atoms with Crippen molar-refractivity contribution in [2.45, 2.75) is 11.8 Å². The van der Waals surface area contributed by atoms with Crippen molar-refractivity contribution in [2.75, 3.05) is 7.11 Å². The molecule has 0 radical (unpaired) electrons. The zero-order valence-electron chi connectivity index (χ0n) is 12.1. The Morgan fingerprint density at radius 3 is 2.50 bits per heavy atom. The second kappa shape index (κ2) is 6.93. The summed E-state index contributed by atoms with van der Waals surface area (Å²) in [5, 5.41) is 3.95. The Balaban J connectivity index is 2.20. The fraction of sp³-hybridized carbons (Fsp3) is 0.133. The summed E-state index contributed by atoms with van der Waals surface area (Å²) in [6.07, 6.45) is 0. The molecule has 2 aromatic rings. The van der Waals surface area contributed by atoms with Gasteiger partial charge in [0.1, 0.15) is 5.75 Å². The van der Waals surface area contributed by atoms with Crippen molar-refractivity contribution in [2.24, 2.45) is 5.10 Å². The molecular formula is C15H15BrN2O3S. The first kappa shape index (κ1) is 16.5. The van der Waals surface area contributed by atoms with Gasteiger partial charge in [-0.3, -0.25) is 0 Å². The van der Waals surface area contributed by atoms with Crippen molar-refractivity contribution in [3.8, 4) is 5.75 Å². The minimum absolute atomic E-state index is 0.151. The molecule has 0 spiro atoms. The van der Waals surface area contributed by atoms with Crippen molar-refractivity contribution >= 4 is 31.7 Å². The molecule has 0 fully saturated rings. The van der Waals surface area contributed by atoms with Crippen LogP contribution in [-0.2, 0) is 10.0 Å². The largest absolute Gasteiger partial charge is 0.497 e. The molecule has 0 saturated carbocycles. The van der Waals surface area contributed by atoms with Gasteiger partial charge in [0.05, 0.1) is 17.7 Å². The van der Waals surface area contributed by atoms with Crippen LogP contribution < -0.4 is 9.57 Å². The SMILES string of the molecule is COc1cccc(/C(C)=N/NS(=O)(=O)c2ccc(Br)cc2)c1.